The molecule has 1 aromatic rings. The first kappa shape index (κ1) is 17.9. The lowest BCUT2D eigenvalue weighted by Gasteiger charge is -2.59. The van der Waals surface area contributed by atoms with Crippen LogP contribution in [0.4, 0.5) is 0 Å². The topological polar surface area (TPSA) is 21.3 Å². The molecule has 4 saturated carbocycles. The van der Waals surface area contributed by atoms with Gasteiger partial charge in [0.05, 0.1) is 10.6 Å². The maximum absolute atomic E-state index is 5.82. The molecule has 2 nitrogen and oxygen atoms in total. The number of hydrogen-bond acceptors (Lipinski definition) is 2. The molecular formula is C22H32BrNO. The number of nitrogens with one attached hydrogen (secondary N) is 1. The zero-order valence-corrected chi connectivity index (χ0v) is 17.4. The maximum Gasteiger partial charge on any atom is 0.133 e. The molecule has 5 rings (SSSR count). The van der Waals surface area contributed by atoms with E-state index >= 15 is 0 Å². The molecular weight excluding hydrogens is 374 g/mol. The van der Waals surface area contributed by atoms with Crippen LogP contribution in [0.1, 0.15) is 64.9 Å². The minimum atomic E-state index is 0.205. The van der Waals surface area contributed by atoms with Crippen LogP contribution in [-0.4, -0.2) is 12.1 Å². The summed E-state index contributed by atoms with van der Waals surface area (Å²) in [5.41, 5.74) is 1.91. The molecule has 0 aromatic heterocycles. The van der Waals surface area contributed by atoms with Crippen molar-refractivity contribution in [2.75, 3.05) is 0 Å². The fourth-order valence-corrected chi connectivity index (χ4v) is 6.72. The van der Waals surface area contributed by atoms with Crippen LogP contribution in [0.2, 0.25) is 0 Å². The first-order valence-corrected chi connectivity index (χ1v) is 10.9. The van der Waals surface area contributed by atoms with Gasteiger partial charge in [0.1, 0.15) is 5.75 Å². The van der Waals surface area contributed by atoms with Gasteiger partial charge in [-0.05, 0) is 116 Å². The largest absolute Gasteiger partial charge is 0.490 e. The van der Waals surface area contributed by atoms with Crippen LogP contribution in [0.5, 0.6) is 5.75 Å². The van der Waals surface area contributed by atoms with E-state index in [2.05, 4.69) is 60.2 Å². The monoisotopic (exact) mass is 405 g/mol. The Hall–Kier alpha value is -0.540. The molecule has 4 aliphatic rings. The van der Waals surface area contributed by atoms with E-state index in [1.165, 1.54) is 44.1 Å². The third-order valence-electron chi connectivity index (χ3n) is 6.98. The molecule has 3 heteroatoms. The van der Waals surface area contributed by atoms with Crippen LogP contribution in [0, 0.1) is 23.2 Å². The van der Waals surface area contributed by atoms with Crippen molar-refractivity contribution >= 4 is 15.9 Å². The van der Waals surface area contributed by atoms with Crippen LogP contribution in [0.15, 0.2) is 22.7 Å². The van der Waals surface area contributed by atoms with E-state index in [0.717, 1.165) is 34.5 Å². The van der Waals surface area contributed by atoms with E-state index < -0.39 is 0 Å². The molecule has 0 saturated heterocycles. The summed E-state index contributed by atoms with van der Waals surface area (Å²) in [5, 5.41) is 3.88. The molecule has 1 N–H and O–H groups in total. The second kappa shape index (κ2) is 6.88. The Kier molecular flexibility index (Phi) is 4.92. The fourth-order valence-electron chi connectivity index (χ4n) is 6.20. The van der Waals surface area contributed by atoms with Crippen LogP contribution in [-0.2, 0) is 6.54 Å². The third-order valence-corrected chi connectivity index (χ3v) is 7.60. The van der Waals surface area contributed by atoms with Gasteiger partial charge in [-0.1, -0.05) is 6.07 Å². The lowest BCUT2D eigenvalue weighted by molar-refractivity contribution is -0.0706. The molecule has 0 radical (unpaired) electrons. The lowest BCUT2D eigenvalue weighted by atomic mass is 9.48. The number of benzene rings is 1. The van der Waals surface area contributed by atoms with Crippen LogP contribution in [0.3, 0.4) is 0 Å². The zero-order valence-electron chi connectivity index (χ0n) is 15.9. The molecule has 25 heavy (non-hydrogen) atoms. The van der Waals surface area contributed by atoms with Gasteiger partial charge in [-0.2, -0.15) is 0 Å². The van der Waals surface area contributed by atoms with Crippen molar-refractivity contribution in [1.82, 2.24) is 5.32 Å². The van der Waals surface area contributed by atoms with Gasteiger partial charge in [-0.3, -0.25) is 0 Å². The van der Waals surface area contributed by atoms with Crippen molar-refractivity contribution in [2.24, 2.45) is 23.2 Å². The third kappa shape index (κ3) is 3.64. The first-order chi connectivity index (χ1) is 11.9. The molecule has 0 amide bonds. The molecule has 0 aliphatic heterocycles. The summed E-state index contributed by atoms with van der Waals surface area (Å²) in [6.45, 7) is 7.52. The number of ether oxygens (including phenoxy) is 1. The quantitative estimate of drug-likeness (QED) is 0.632. The van der Waals surface area contributed by atoms with E-state index in [9.17, 15) is 0 Å². The number of halogens is 1. The minimum Gasteiger partial charge on any atom is -0.490 e. The van der Waals surface area contributed by atoms with Crippen LogP contribution < -0.4 is 10.1 Å². The Morgan fingerprint density at radius 3 is 2.20 bits per heavy atom. The SMILES string of the molecule is CC(C)Oc1ccc(CNC(C)C23CC4CC(CC(C4)C2)C3)cc1Br. The molecule has 1 atom stereocenters. The average Bonchev–Trinajstić information content (AvgIpc) is 2.53. The van der Waals surface area contributed by atoms with E-state index in [4.69, 9.17) is 4.74 Å². The highest BCUT2D eigenvalue weighted by Gasteiger charge is 2.52. The van der Waals surface area contributed by atoms with E-state index in [1.807, 2.05) is 0 Å². The van der Waals surface area contributed by atoms with Crippen molar-refractivity contribution in [3.05, 3.63) is 28.2 Å². The summed E-state index contributed by atoms with van der Waals surface area (Å²) < 4.78 is 6.88. The van der Waals surface area contributed by atoms with Crippen molar-refractivity contribution < 1.29 is 4.74 Å². The average molecular weight is 406 g/mol. The first-order valence-electron chi connectivity index (χ1n) is 10.1. The van der Waals surface area contributed by atoms with Crippen LogP contribution >= 0.6 is 15.9 Å². The Bertz CT molecular complexity index is 591. The summed E-state index contributed by atoms with van der Waals surface area (Å²) in [4.78, 5) is 0. The van der Waals surface area contributed by atoms with Crippen molar-refractivity contribution in [2.45, 2.75) is 78.0 Å². The highest BCUT2D eigenvalue weighted by atomic mass is 79.9. The summed E-state index contributed by atoms with van der Waals surface area (Å²) in [6.07, 6.45) is 9.19. The highest BCUT2D eigenvalue weighted by molar-refractivity contribution is 9.10. The van der Waals surface area contributed by atoms with Crippen molar-refractivity contribution in [3.63, 3.8) is 0 Å². The Labute approximate surface area is 161 Å². The number of rotatable bonds is 6. The fraction of sp³-hybridized carbons (Fsp3) is 0.727. The molecule has 0 heterocycles. The van der Waals surface area contributed by atoms with Gasteiger partial charge >= 0.3 is 0 Å². The highest BCUT2D eigenvalue weighted by Crippen LogP contribution is 2.61. The summed E-state index contributed by atoms with van der Waals surface area (Å²) in [6, 6.07) is 7.11. The smallest absolute Gasteiger partial charge is 0.133 e. The molecule has 1 aromatic carbocycles. The minimum absolute atomic E-state index is 0.205. The summed E-state index contributed by atoms with van der Waals surface area (Å²) in [7, 11) is 0. The second-order valence-electron chi connectivity index (χ2n) is 9.31. The van der Waals surface area contributed by atoms with E-state index in [1.54, 1.807) is 0 Å². The Morgan fingerprint density at radius 1 is 1.08 bits per heavy atom. The van der Waals surface area contributed by atoms with Gasteiger partial charge in [0.25, 0.3) is 0 Å². The standard InChI is InChI=1S/C22H32BrNO/c1-14(2)25-21-5-4-16(9-20(21)23)13-24-15(3)22-10-17-6-18(11-22)8-19(7-17)12-22/h4-5,9,14-15,17-19,24H,6-8,10-13H2,1-3H3. The number of hydrogen-bond donors (Lipinski definition) is 1. The lowest BCUT2D eigenvalue weighted by Crippen LogP contribution is -2.54. The van der Waals surface area contributed by atoms with Gasteiger partial charge < -0.3 is 10.1 Å². The summed E-state index contributed by atoms with van der Waals surface area (Å²) >= 11 is 3.66. The van der Waals surface area contributed by atoms with Crippen molar-refractivity contribution in [1.29, 1.82) is 0 Å². The second-order valence-corrected chi connectivity index (χ2v) is 10.2. The summed E-state index contributed by atoms with van der Waals surface area (Å²) in [5.74, 6) is 4.01. The maximum atomic E-state index is 5.82. The molecule has 4 bridgehead atoms. The van der Waals surface area contributed by atoms with Gasteiger partial charge in [-0.25, -0.2) is 0 Å². The predicted molar refractivity (Wildman–Crippen MR) is 107 cm³/mol. The van der Waals surface area contributed by atoms with Gasteiger partial charge in [-0.15, -0.1) is 0 Å². The molecule has 0 spiro atoms. The van der Waals surface area contributed by atoms with E-state index in [-0.39, 0.29) is 6.10 Å². The molecule has 4 aliphatic carbocycles. The molecule has 4 fully saturated rings. The molecule has 138 valence electrons. The predicted octanol–water partition coefficient (Wildman–Crippen LogP) is 5.93. The normalized spacial score (nSPS) is 34.5. The molecule has 1 unspecified atom stereocenters. The van der Waals surface area contributed by atoms with Crippen molar-refractivity contribution in [3.8, 4) is 5.75 Å². The van der Waals surface area contributed by atoms with Gasteiger partial charge in [0.2, 0.25) is 0 Å². The van der Waals surface area contributed by atoms with Gasteiger partial charge in [0, 0.05) is 12.6 Å². The Morgan fingerprint density at radius 2 is 1.68 bits per heavy atom. The van der Waals surface area contributed by atoms with E-state index in [0.29, 0.717) is 11.5 Å². The van der Waals surface area contributed by atoms with Crippen LogP contribution in [0.25, 0.3) is 0 Å². The Balaban J connectivity index is 1.39. The zero-order chi connectivity index (χ0) is 17.6. The van der Waals surface area contributed by atoms with Gasteiger partial charge in [0.15, 0.2) is 0 Å².